The quantitative estimate of drug-likeness (QED) is 0.483. The van der Waals surface area contributed by atoms with Crippen molar-refractivity contribution in [1.29, 1.82) is 0 Å². The van der Waals surface area contributed by atoms with Gasteiger partial charge in [0.1, 0.15) is 6.61 Å². The van der Waals surface area contributed by atoms with E-state index in [2.05, 4.69) is 46.7 Å². The minimum atomic E-state index is -0.256. The summed E-state index contributed by atoms with van der Waals surface area (Å²) in [6, 6.07) is 22.1. The molecule has 1 unspecified atom stereocenters. The maximum absolute atomic E-state index is 12.4. The highest BCUT2D eigenvalue weighted by molar-refractivity contribution is 5.95. The number of benzene rings is 3. The Labute approximate surface area is 182 Å². The molecule has 3 aromatic carbocycles. The Hall–Kier alpha value is -3.62. The van der Waals surface area contributed by atoms with E-state index in [1.54, 1.807) is 0 Å². The van der Waals surface area contributed by atoms with Gasteiger partial charge in [0, 0.05) is 11.4 Å². The molecule has 5 heteroatoms. The van der Waals surface area contributed by atoms with Gasteiger partial charge in [-0.15, -0.1) is 0 Å². The molecule has 0 saturated carbocycles. The van der Waals surface area contributed by atoms with Crippen molar-refractivity contribution in [3.8, 4) is 0 Å². The second-order valence-corrected chi connectivity index (χ2v) is 7.81. The fourth-order valence-corrected chi connectivity index (χ4v) is 3.86. The van der Waals surface area contributed by atoms with Gasteiger partial charge >= 0.3 is 0 Å². The summed E-state index contributed by atoms with van der Waals surface area (Å²) in [6.07, 6.45) is 1.86. The molecule has 0 bridgehead atoms. The summed E-state index contributed by atoms with van der Waals surface area (Å²) in [6.45, 7) is 9.96. The number of anilines is 2. The molecule has 1 amide bonds. The fourth-order valence-electron chi connectivity index (χ4n) is 3.86. The van der Waals surface area contributed by atoms with Crippen LogP contribution in [0.15, 0.2) is 66.7 Å². The minimum Gasteiger partial charge on any atom is -0.378 e. The molecule has 0 radical (unpaired) electrons. The Morgan fingerprint density at radius 3 is 2.65 bits per heavy atom. The van der Waals surface area contributed by atoms with E-state index in [9.17, 15) is 4.79 Å². The molecular formula is C26H25N3O2. The van der Waals surface area contributed by atoms with Gasteiger partial charge in [0.2, 0.25) is 11.6 Å². The lowest BCUT2D eigenvalue weighted by molar-refractivity contribution is -0.121. The van der Waals surface area contributed by atoms with Crippen molar-refractivity contribution < 1.29 is 9.53 Å². The number of rotatable bonds is 7. The molecule has 0 aliphatic heterocycles. The van der Waals surface area contributed by atoms with Gasteiger partial charge in [-0.1, -0.05) is 48.0 Å². The largest absolute Gasteiger partial charge is 0.378 e. The average Bonchev–Trinajstić information content (AvgIpc) is 3.17. The van der Waals surface area contributed by atoms with E-state index in [0.29, 0.717) is 18.0 Å². The van der Waals surface area contributed by atoms with Crippen molar-refractivity contribution in [3.63, 3.8) is 0 Å². The molecule has 0 aromatic heterocycles. The molecule has 2 N–H and O–H groups in total. The van der Waals surface area contributed by atoms with Gasteiger partial charge in [-0.05, 0) is 60.7 Å². The first kappa shape index (κ1) is 20.6. The highest BCUT2D eigenvalue weighted by Gasteiger charge is 2.24. The van der Waals surface area contributed by atoms with E-state index in [-0.39, 0.29) is 18.6 Å². The number of carbonyl (C=O) groups is 1. The third-order valence-corrected chi connectivity index (χ3v) is 5.47. The summed E-state index contributed by atoms with van der Waals surface area (Å²) in [4.78, 5) is 16.0. The Morgan fingerprint density at radius 2 is 1.90 bits per heavy atom. The summed E-state index contributed by atoms with van der Waals surface area (Å²) in [7, 11) is 0. The first-order chi connectivity index (χ1) is 15.1. The van der Waals surface area contributed by atoms with E-state index in [0.717, 1.165) is 35.2 Å². The minimum absolute atomic E-state index is 0.0545. The molecule has 1 atom stereocenters. The number of nitrogens with zero attached hydrogens (tertiary/aromatic N) is 1. The number of amides is 1. The zero-order valence-corrected chi connectivity index (χ0v) is 17.5. The number of carbonyl (C=O) groups excluding carboxylic acids is 1. The van der Waals surface area contributed by atoms with Crippen LogP contribution in [-0.4, -0.2) is 12.5 Å². The molecule has 1 aliphatic carbocycles. The van der Waals surface area contributed by atoms with E-state index in [1.807, 2.05) is 42.5 Å². The monoisotopic (exact) mass is 411 g/mol. The van der Waals surface area contributed by atoms with E-state index >= 15 is 0 Å². The predicted molar refractivity (Wildman–Crippen MR) is 123 cm³/mol. The van der Waals surface area contributed by atoms with Crippen LogP contribution < -0.4 is 10.6 Å². The van der Waals surface area contributed by atoms with Crippen molar-refractivity contribution in [3.05, 3.63) is 100 Å². The van der Waals surface area contributed by atoms with Gasteiger partial charge in [0.05, 0.1) is 19.2 Å². The molecule has 0 saturated heterocycles. The van der Waals surface area contributed by atoms with Crippen molar-refractivity contribution in [2.75, 3.05) is 17.2 Å². The van der Waals surface area contributed by atoms with Crippen LogP contribution in [0.2, 0.25) is 0 Å². The van der Waals surface area contributed by atoms with Crippen LogP contribution in [0.3, 0.4) is 0 Å². The lowest BCUT2D eigenvalue weighted by Crippen LogP contribution is -2.18. The van der Waals surface area contributed by atoms with Gasteiger partial charge in [-0.2, -0.15) is 0 Å². The highest BCUT2D eigenvalue weighted by atomic mass is 16.5. The molecule has 1 aliphatic rings. The number of nitrogens with one attached hydrogen (secondary N) is 2. The third-order valence-electron chi connectivity index (χ3n) is 5.47. The normalized spacial score (nSPS) is 14.5. The van der Waals surface area contributed by atoms with Crippen molar-refractivity contribution in [2.45, 2.75) is 32.4 Å². The summed E-state index contributed by atoms with van der Waals surface area (Å²) in [5, 5.41) is 6.42. The SMILES string of the molecule is [C-]#[N+]c1cc2c(cc1NC(=O)COCc1ccccc1)CCC2Nc1ccc(C)cc1. The summed E-state index contributed by atoms with van der Waals surface area (Å²) >= 11 is 0. The maximum Gasteiger partial charge on any atom is 0.249 e. The lowest BCUT2D eigenvalue weighted by Gasteiger charge is -2.17. The van der Waals surface area contributed by atoms with Crippen LogP contribution >= 0.6 is 0 Å². The zero-order chi connectivity index (χ0) is 21.6. The molecular weight excluding hydrogens is 386 g/mol. The van der Waals surface area contributed by atoms with E-state index < -0.39 is 0 Å². The average molecular weight is 412 g/mol. The summed E-state index contributed by atoms with van der Waals surface area (Å²) in [5.74, 6) is -0.256. The third kappa shape index (κ3) is 5.11. The van der Waals surface area contributed by atoms with Crippen LogP contribution in [0, 0.1) is 13.5 Å². The molecule has 31 heavy (non-hydrogen) atoms. The second kappa shape index (κ2) is 9.46. The second-order valence-electron chi connectivity index (χ2n) is 7.81. The molecule has 0 fully saturated rings. The molecule has 0 heterocycles. The number of ether oxygens (including phenoxy) is 1. The lowest BCUT2D eigenvalue weighted by atomic mass is 10.0. The Morgan fingerprint density at radius 1 is 1.13 bits per heavy atom. The molecule has 4 rings (SSSR count). The molecule has 156 valence electrons. The smallest absolute Gasteiger partial charge is 0.249 e. The molecule has 3 aromatic rings. The highest BCUT2D eigenvalue weighted by Crippen LogP contribution is 2.40. The van der Waals surface area contributed by atoms with Gasteiger partial charge in [0.25, 0.3) is 0 Å². The zero-order valence-electron chi connectivity index (χ0n) is 17.5. The number of aryl methyl sites for hydroxylation is 2. The first-order valence-electron chi connectivity index (χ1n) is 10.4. The van der Waals surface area contributed by atoms with Gasteiger partial charge in [-0.3, -0.25) is 4.79 Å². The number of hydrogen-bond donors (Lipinski definition) is 2. The van der Waals surface area contributed by atoms with Crippen molar-refractivity contribution in [2.24, 2.45) is 0 Å². The number of fused-ring (bicyclic) bond motifs is 1. The first-order valence-corrected chi connectivity index (χ1v) is 10.4. The Kier molecular flexibility index (Phi) is 6.30. The van der Waals surface area contributed by atoms with E-state index in [1.165, 1.54) is 5.56 Å². The predicted octanol–water partition coefficient (Wildman–Crippen LogP) is 5.80. The van der Waals surface area contributed by atoms with Gasteiger partial charge in [-0.25, -0.2) is 4.85 Å². The summed E-state index contributed by atoms with van der Waals surface area (Å²) in [5.41, 5.74) is 6.61. The summed E-state index contributed by atoms with van der Waals surface area (Å²) < 4.78 is 5.51. The Balaban J connectivity index is 1.41. The topological polar surface area (TPSA) is 54.7 Å². The van der Waals surface area contributed by atoms with Crippen LogP contribution in [0.5, 0.6) is 0 Å². The maximum atomic E-state index is 12.4. The van der Waals surface area contributed by atoms with Gasteiger partial charge < -0.3 is 15.4 Å². The van der Waals surface area contributed by atoms with Gasteiger partial charge in [0.15, 0.2) is 0 Å². The molecule has 0 spiro atoms. The van der Waals surface area contributed by atoms with Crippen LogP contribution in [0.1, 0.15) is 34.7 Å². The van der Waals surface area contributed by atoms with Crippen molar-refractivity contribution >= 4 is 23.0 Å². The van der Waals surface area contributed by atoms with E-state index in [4.69, 9.17) is 11.3 Å². The Bertz CT molecular complexity index is 1100. The standard InChI is InChI=1S/C26H25N3O2/c1-18-8-11-21(12-9-18)28-23-13-10-20-14-25(24(27-2)15-22(20)23)29-26(30)17-31-16-19-6-4-3-5-7-19/h3-9,11-12,14-15,23,28H,10,13,16-17H2,1H3,(H,29,30). The van der Waals surface area contributed by atoms with Crippen LogP contribution in [-0.2, 0) is 22.6 Å². The van der Waals surface area contributed by atoms with Crippen molar-refractivity contribution in [1.82, 2.24) is 0 Å². The molecule has 5 nitrogen and oxygen atoms in total. The van der Waals surface area contributed by atoms with Crippen LogP contribution in [0.4, 0.5) is 17.1 Å². The fraction of sp³-hybridized carbons (Fsp3) is 0.231. The number of hydrogen-bond acceptors (Lipinski definition) is 3. The van der Waals surface area contributed by atoms with Crippen LogP contribution in [0.25, 0.3) is 4.85 Å².